The molecular weight excluding hydrogens is 428 g/mol. The summed E-state index contributed by atoms with van der Waals surface area (Å²) in [5, 5.41) is 15.1. The highest BCUT2D eigenvalue weighted by molar-refractivity contribution is 7.80. The van der Waals surface area contributed by atoms with Crippen molar-refractivity contribution >= 4 is 34.6 Å². The van der Waals surface area contributed by atoms with Crippen molar-refractivity contribution in [3.8, 4) is 11.4 Å². The second-order valence-corrected chi connectivity index (χ2v) is 8.09. The number of phenols is 1. The van der Waals surface area contributed by atoms with Crippen molar-refractivity contribution in [3.63, 3.8) is 0 Å². The van der Waals surface area contributed by atoms with Crippen LogP contribution >= 0.6 is 23.8 Å². The van der Waals surface area contributed by atoms with Gasteiger partial charge in [-0.3, -0.25) is 4.98 Å². The Morgan fingerprint density at radius 1 is 0.968 bits per heavy atom. The van der Waals surface area contributed by atoms with Crippen molar-refractivity contribution in [2.75, 3.05) is 4.90 Å². The third-order valence-corrected chi connectivity index (χ3v) is 5.96. The maximum absolute atomic E-state index is 10.7. The predicted octanol–water partition coefficient (Wildman–Crippen LogP) is 5.41. The number of pyridine rings is 1. The van der Waals surface area contributed by atoms with Crippen molar-refractivity contribution in [2.24, 2.45) is 0 Å². The summed E-state index contributed by atoms with van der Waals surface area (Å²) in [5.74, 6) is 0.109. The highest BCUT2D eigenvalue weighted by atomic mass is 35.5. The second kappa shape index (κ2) is 8.06. The first-order valence-electron chi connectivity index (χ1n) is 9.85. The normalized spacial score (nSPS) is 18.2. The van der Waals surface area contributed by atoms with E-state index >= 15 is 0 Å². The first-order valence-corrected chi connectivity index (χ1v) is 10.6. The third kappa shape index (κ3) is 3.54. The highest BCUT2D eigenvalue weighted by Gasteiger charge is 2.43. The van der Waals surface area contributed by atoms with Crippen LogP contribution in [-0.2, 0) is 0 Å². The Labute approximate surface area is 190 Å². The van der Waals surface area contributed by atoms with Gasteiger partial charge in [0, 0.05) is 28.8 Å². The number of hydrogen-bond acceptors (Lipinski definition) is 3. The molecule has 3 heterocycles. The van der Waals surface area contributed by atoms with Crippen molar-refractivity contribution < 1.29 is 5.11 Å². The summed E-state index contributed by atoms with van der Waals surface area (Å²) in [6.07, 6.45) is 3.80. The first kappa shape index (κ1) is 19.6. The average molecular weight is 447 g/mol. The molecule has 0 amide bonds. The number of halogens is 1. The summed E-state index contributed by atoms with van der Waals surface area (Å²) in [4.78, 5) is 6.50. The number of hydrogen-bond donors (Lipinski definition) is 2. The van der Waals surface area contributed by atoms with Crippen LogP contribution in [0.15, 0.2) is 91.3 Å². The molecule has 0 aliphatic carbocycles. The van der Waals surface area contributed by atoms with E-state index < -0.39 is 0 Å². The van der Waals surface area contributed by atoms with Gasteiger partial charge >= 0.3 is 0 Å². The third-order valence-electron chi connectivity index (χ3n) is 5.41. The van der Waals surface area contributed by atoms with Crippen molar-refractivity contribution in [3.05, 3.63) is 108 Å². The lowest BCUT2D eigenvalue weighted by Gasteiger charge is -2.29. The van der Waals surface area contributed by atoms with Gasteiger partial charge in [0.25, 0.3) is 0 Å². The van der Waals surface area contributed by atoms with Crippen LogP contribution in [-0.4, -0.2) is 19.8 Å². The van der Waals surface area contributed by atoms with Crippen LogP contribution in [0.2, 0.25) is 5.02 Å². The molecule has 0 radical (unpaired) electrons. The Morgan fingerprint density at radius 3 is 2.55 bits per heavy atom. The molecule has 2 N–H and O–H groups in total. The molecule has 0 bridgehead atoms. The zero-order valence-electron chi connectivity index (χ0n) is 16.4. The molecular formula is C24H19ClN4OS. The standard InChI is InChI=1S/C24H19ClN4OS/c25-16-11-12-21(30)20(15-16)29-23(22(27-24(29)31)18-9-4-5-13-26-18)19-10-6-14-28(19)17-7-2-1-3-8-17/h1-15,22-23,30H,(H,27,31)/t22-,23-/m0/s1. The molecule has 2 atom stereocenters. The van der Waals surface area contributed by atoms with E-state index in [9.17, 15) is 5.11 Å². The Hall–Kier alpha value is -3.35. The van der Waals surface area contributed by atoms with Gasteiger partial charge in [0.15, 0.2) is 5.11 Å². The molecule has 31 heavy (non-hydrogen) atoms. The summed E-state index contributed by atoms with van der Waals surface area (Å²) >= 11 is 12.0. The smallest absolute Gasteiger partial charge is 0.174 e. The molecule has 5 rings (SSSR count). The number of nitrogens with one attached hydrogen (secondary N) is 1. The summed E-state index contributed by atoms with van der Waals surface area (Å²) in [5.41, 5.74) is 3.46. The molecule has 0 saturated carbocycles. The SMILES string of the molecule is Oc1ccc(Cl)cc1N1C(=S)N[C@@H](c2ccccn2)[C@@H]1c1cccn1-c1ccccc1. The van der Waals surface area contributed by atoms with Gasteiger partial charge in [0.2, 0.25) is 0 Å². The summed E-state index contributed by atoms with van der Waals surface area (Å²) in [6.45, 7) is 0. The fraction of sp³-hybridized carbons (Fsp3) is 0.0833. The van der Waals surface area contributed by atoms with Gasteiger partial charge in [0.05, 0.1) is 17.4 Å². The van der Waals surface area contributed by atoms with Crippen LogP contribution in [0.4, 0.5) is 5.69 Å². The number of benzene rings is 2. The van der Waals surface area contributed by atoms with E-state index in [2.05, 4.69) is 33.1 Å². The quantitative estimate of drug-likeness (QED) is 0.410. The average Bonchev–Trinajstić information content (AvgIpc) is 3.41. The fourth-order valence-electron chi connectivity index (χ4n) is 4.06. The van der Waals surface area contributed by atoms with Crippen LogP contribution in [0, 0.1) is 0 Å². The Morgan fingerprint density at radius 2 is 1.77 bits per heavy atom. The Bertz CT molecular complexity index is 1230. The van der Waals surface area contributed by atoms with E-state index in [4.69, 9.17) is 23.8 Å². The second-order valence-electron chi connectivity index (χ2n) is 7.27. The Balaban J connectivity index is 1.70. The van der Waals surface area contributed by atoms with Crippen molar-refractivity contribution in [1.82, 2.24) is 14.9 Å². The van der Waals surface area contributed by atoms with Gasteiger partial charge in [-0.2, -0.15) is 0 Å². The van der Waals surface area contributed by atoms with E-state index in [0.29, 0.717) is 15.8 Å². The molecule has 2 aromatic carbocycles. The molecule has 4 aromatic rings. The minimum absolute atomic E-state index is 0.109. The van der Waals surface area contributed by atoms with E-state index in [-0.39, 0.29) is 17.8 Å². The van der Waals surface area contributed by atoms with Gasteiger partial charge in [-0.1, -0.05) is 35.9 Å². The van der Waals surface area contributed by atoms with Gasteiger partial charge in [0.1, 0.15) is 11.8 Å². The van der Waals surface area contributed by atoms with Gasteiger partial charge < -0.3 is 19.9 Å². The monoisotopic (exact) mass is 446 g/mol. The summed E-state index contributed by atoms with van der Waals surface area (Å²) < 4.78 is 2.13. The molecule has 2 aromatic heterocycles. The van der Waals surface area contributed by atoms with Crippen molar-refractivity contribution in [2.45, 2.75) is 12.1 Å². The topological polar surface area (TPSA) is 53.3 Å². The molecule has 1 aliphatic heterocycles. The maximum Gasteiger partial charge on any atom is 0.174 e. The van der Waals surface area contributed by atoms with E-state index in [1.807, 2.05) is 53.6 Å². The molecule has 7 heteroatoms. The van der Waals surface area contributed by atoms with Gasteiger partial charge in [-0.25, -0.2) is 0 Å². The van der Waals surface area contributed by atoms with E-state index in [1.165, 1.54) is 0 Å². The number of para-hydroxylation sites is 1. The number of nitrogens with zero attached hydrogens (tertiary/aromatic N) is 3. The van der Waals surface area contributed by atoms with E-state index in [1.54, 1.807) is 24.4 Å². The summed E-state index contributed by atoms with van der Waals surface area (Å²) in [7, 11) is 0. The van der Waals surface area contributed by atoms with Crippen LogP contribution in [0.1, 0.15) is 23.5 Å². The predicted molar refractivity (Wildman–Crippen MR) is 127 cm³/mol. The summed E-state index contributed by atoms with van der Waals surface area (Å²) in [6, 6.07) is 24.5. The van der Waals surface area contributed by atoms with Gasteiger partial charge in [-0.05, 0) is 66.8 Å². The lowest BCUT2D eigenvalue weighted by Crippen LogP contribution is -2.30. The number of anilines is 1. The zero-order valence-corrected chi connectivity index (χ0v) is 18.0. The molecule has 1 aliphatic rings. The largest absolute Gasteiger partial charge is 0.506 e. The van der Waals surface area contributed by atoms with Crippen LogP contribution in [0.5, 0.6) is 5.75 Å². The number of aromatic hydroxyl groups is 1. The highest BCUT2D eigenvalue weighted by Crippen LogP contribution is 2.45. The van der Waals surface area contributed by atoms with Crippen molar-refractivity contribution in [1.29, 1.82) is 0 Å². The fourth-order valence-corrected chi connectivity index (χ4v) is 4.57. The van der Waals surface area contributed by atoms with Gasteiger partial charge in [-0.15, -0.1) is 0 Å². The van der Waals surface area contributed by atoms with Crippen LogP contribution in [0.3, 0.4) is 0 Å². The number of phenolic OH excluding ortho intramolecular Hbond substituents is 1. The molecule has 5 nitrogen and oxygen atoms in total. The zero-order chi connectivity index (χ0) is 21.4. The molecule has 0 unspecified atom stereocenters. The van der Waals surface area contributed by atoms with Crippen LogP contribution < -0.4 is 10.2 Å². The number of rotatable bonds is 4. The molecule has 1 saturated heterocycles. The maximum atomic E-state index is 10.7. The van der Waals surface area contributed by atoms with Crippen LogP contribution in [0.25, 0.3) is 5.69 Å². The minimum Gasteiger partial charge on any atom is -0.506 e. The molecule has 0 spiro atoms. The number of aromatic nitrogens is 2. The number of thiocarbonyl (C=S) groups is 1. The Kier molecular flexibility index (Phi) is 5.10. The lowest BCUT2D eigenvalue weighted by atomic mass is 10.0. The minimum atomic E-state index is -0.262. The molecule has 1 fully saturated rings. The molecule has 154 valence electrons. The first-order chi connectivity index (χ1) is 15.1. The lowest BCUT2D eigenvalue weighted by molar-refractivity contribution is 0.472. The van der Waals surface area contributed by atoms with E-state index in [0.717, 1.165) is 17.1 Å².